The Labute approximate surface area is 355 Å². The van der Waals surface area contributed by atoms with Crippen LogP contribution >= 0.6 is 0 Å². The first kappa shape index (κ1) is 35.3. The topological polar surface area (TPSA) is 16.4 Å². The van der Waals surface area contributed by atoms with Gasteiger partial charge in [-0.05, 0) is 109 Å². The van der Waals surface area contributed by atoms with Crippen molar-refractivity contribution in [3.8, 4) is 44.5 Å². The molecule has 10 aromatic carbocycles. The van der Waals surface area contributed by atoms with Crippen molar-refractivity contribution >= 4 is 60.5 Å². The number of anilines is 3. The second kappa shape index (κ2) is 13.7. The summed E-state index contributed by atoms with van der Waals surface area (Å²) in [5.74, 6) is 0. The van der Waals surface area contributed by atoms with Crippen molar-refractivity contribution in [1.29, 1.82) is 0 Å². The number of hydrogen-bond acceptors (Lipinski definition) is 2. The van der Waals surface area contributed by atoms with Crippen molar-refractivity contribution in [1.82, 2.24) is 0 Å². The molecule has 288 valence electrons. The fraction of sp³-hybridized carbons (Fsp3) is 0.0508. The van der Waals surface area contributed by atoms with Gasteiger partial charge in [-0.15, -0.1) is 0 Å². The maximum atomic E-state index is 6.90. The van der Waals surface area contributed by atoms with Gasteiger partial charge in [-0.25, -0.2) is 0 Å². The average molecular weight is 780 g/mol. The van der Waals surface area contributed by atoms with Gasteiger partial charge in [-0.2, -0.15) is 0 Å². The molecule has 1 aliphatic rings. The third kappa shape index (κ3) is 5.49. The molecule has 0 saturated carbocycles. The van der Waals surface area contributed by atoms with Gasteiger partial charge in [0.15, 0.2) is 0 Å². The summed E-state index contributed by atoms with van der Waals surface area (Å²) < 4.78 is 6.90. The van der Waals surface area contributed by atoms with Crippen LogP contribution in [-0.4, -0.2) is 0 Å². The zero-order valence-electron chi connectivity index (χ0n) is 34.1. The number of furan rings is 1. The Morgan fingerprint density at radius 3 is 1.84 bits per heavy atom. The van der Waals surface area contributed by atoms with Crippen molar-refractivity contribution in [2.75, 3.05) is 4.90 Å². The summed E-state index contributed by atoms with van der Waals surface area (Å²) in [5, 5.41) is 7.13. The summed E-state index contributed by atoms with van der Waals surface area (Å²) in [7, 11) is 0. The van der Waals surface area contributed by atoms with Crippen LogP contribution in [0.2, 0.25) is 0 Å². The molecule has 0 fully saturated rings. The van der Waals surface area contributed by atoms with E-state index in [1.165, 1.54) is 60.5 Å². The van der Waals surface area contributed by atoms with Crippen molar-refractivity contribution in [2.24, 2.45) is 0 Å². The SMILES string of the molecule is CC1(C)c2ccccc2-c2ccc(N(c3ccc(-c4ccccc4)cc3)c3cccc(-c4cc5ccccc5c5ccccc45)c3-c3cccc4c3oc3ccccc34)cc21. The van der Waals surface area contributed by atoms with Crippen LogP contribution in [0.1, 0.15) is 25.0 Å². The van der Waals surface area contributed by atoms with Gasteiger partial charge in [-0.1, -0.05) is 184 Å². The quantitative estimate of drug-likeness (QED) is 0.156. The molecule has 61 heavy (non-hydrogen) atoms. The zero-order valence-corrected chi connectivity index (χ0v) is 34.1. The van der Waals surface area contributed by atoms with Crippen LogP contribution in [0.25, 0.3) is 88.0 Å². The molecular formula is C59H41NO. The second-order valence-electron chi connectivity index (χ2n) is 16.8. The van der Waals surface area contributed by atoms with E-state index in [1.807, 2.05) is 0 Å². The molecule has 1 aromatic heterocycles. The fourth-order valence-electron chi connectivity index (χ4n) is 10.1. The minimum absolute atomic E-state index is 0.167. The Balaban J connectivity index is 1.18. The zero-order chi connectivity index (χ0) is 40.7. The number of benzene rings is 10. The van der Waals surface area contributed by atoms with Gasteiger partial charge in [-0.3, -0.25) is 0 Å². The second-order valence-corrected chi connectivity index (χ2v) is 16.8. The Morgan fingerprint density at radius 2 is 0.984 bits per heavy atom. The molecule has 1 aliphatic carbocycles. The van der Waals surface area contributed by atoms with E-state index in [1.54, 1.807) is 0 Å². The molecule has 0 radical (unpaired) electrons. The monoisotopic (exact) mass is 779 g/mol. The first-order chi connectivity index (χ1) is 30.0. The molecule has 2 nitrogen and oxygen atoms in total. The van der Waals surface area contributed by atoms with Crippen LogP contribution in [0, 0.1) is 0 Å². The molecule has 0 saturated heterocycles. The maximum Gasteiger partial charge on any atom is 0.143 e. The number of nitrogens with zero attached hydrogens (tertiary/aromatic N) is 1. The van der Waals surface area contributed by atoms with Crippen LogP contribution in [0.5, 0.6) is 0 Å². The molecule has 0 N–H and O–H groups in total. The number of para-hydroxylation sites is 2. The van der Waals surface area contributed by atoms with E-state index >= 15 is 0 Å². The van der Waals surface area contributed by atoms with Gasteiger partial charge in [0.1, 0.15) is 11.2 Å². The van der Waals surface area contributed by atoms with E-state index in [4.69, 9.17) is 4.42 Å². The minimum atomic E-state index is -0.167. The first-order valence-electron chi connectivity index (χ1n) is 21.2. The van der Waals surface area contributed by atoms with Crippen molar-refractivity contribution < 1.29 is 4.42 Å². The number of fused-ring (bicyclic) bond motifs is 9. The van der Waals surface area contributed by atoms with Gasteiger partial charge < -0.3 is 9.32 Å². The molecule has 2 heteroatoms. The van der Waals surface area contributed by atoms with Crippen LogP contribution in [-0.2, 0) is 5.41 Å². The standard InChI is InChI=1S/C59H41NO/c1-59(2)53-27-12-10-22-46(53)47-35-34-42(37-54(47)59)60(41-32-30-39(31-33-41)38-16-4-3-5-17-38)55-28-15-24-49(52-36-40-18-6-7-19-43(40)44-20-8-9-21-45(44)52)57(55)51-26-14-25-50-48-23-11-13-29-56(48)61-58(50)51/h3-37H,1-2H3. The molecule has 0 spiro atoms. The molecule has 0 bridgehead atoms. The van der Waals surface area contributed by atoms with E-state index in [9.17, 15) is 0 Å². The lowest BCUT2D eigenvalue weighted by molar-refractivity contribution is 0.660. The van der Waals surface area contributed by atoms with Gasteiger partial charge in [0.2, 0.25) is 0 Å². The van der Waals surface area contributed by atoms with Crippen molar-refractivity contribution in [3.05, 3.63) is 223 Å². The molecule has 11 aromatic rings. The molecule has 0 aliphatic heterocycles. The molecule has 0 amide bonds. The van der Waals surface area contributed by atoms with Crippen LogP contribution < -0.4 is 4.90 Å². The number of rotatable bonds is 6. The molecule has 12 rings (SSSR count). The smallest absolute Gasteiger partial charge is 0.143 e. The molecule has 0 unspecified atom stereocenters. The summed E-state index contributed by atoms with van der Waals surface area (Å²) in [6.07, 6.45) is 0. The summed E-state index contributed by atoms with van der Waals surface area (Å²) in [5.41, 5.74) is 17.0. The third-order valence-corrected chi connectivity index (χ3v) is 13.1. The fourth-order valence-corrected chi connectivity index (χ4v) is 10.1. The predicted molar refractivity (Wildman–Crippen MR) is 257 cm³/mol. The largest absolute Gasteiger partial charge is 0.455 e. The average Bonchev–Trinajstić information content (AvgIpc) is 3.81. The number of hydrogen-bond donors (Lipinski definition) is 0. The first-order valence-corrected chi connectivity index (χ1v) is 21.2. The Hall–Kier alpha value is -7.68. The van der Waals surface area contributed by atoms with E-state index in [2.05, 4.69) is 231 Å². The van der Waals surface area contributed by atoms with E-state index in [0.717, 1.165) is 55.7 Å². The minimum Gasteiger partial charge on any atom is -0.455 e. The summed E-state index contributed by atoms with van der Waals surface area (Å²) >= 11 is 0. The Bertz CT molecular complexity index is 3500. The highest BCUT2D eigenvalue weighted by atomic mass is 16.3. The summed E-state index contributed by atoms with van der Waals surface area (Å²) in [6, 6.07) is 77.5. The van der Waals surface area contributed by atoms with E-state index in [0.29, 0.717) is 0 Å². The van der Waals surface area contributed by atoms with Gasteiger partial charge >= 0.3 is 0 Å². The van der Waals surface area contributed by atoms with Crippen LogP contribution in [0.4, 0.5) is 17.1 Å². The highest BCUT2D eigenvalue weighted by Crippen LogP contribution is 2.53. The van der Waals surface area contributed by atoms with Gasteiger partial charge in [0.25, 0.3) is 0 Å². The van der Waals surface area contributed by atoms with E-state index in [-0.39, 0.29) is 5.41 Å². The lowest BCUT2D eigenvalue weighted by Crippen LogP contribution is -2.17. The van der Waals surface area contributed by atoms with Crippen LogP contribution in [0.3, 0.4) is 0 Å². The van der Waals surface area contributed by atoms with E-state index < -0.39 is 0 Å². The lowest BCUT2D eigenvalue weighted by Gasteiger charge is -2.31. The van der Waals surface area contributed by atoms with Crippen LogP contribution in [0.15, 0.2) is 217 Å². The maximum absolute atomic E-state index is 6.90. The predicted octanol–water partition coefficient (Wildman–Crippen LogP) is 16.7. The van der Waals surface area contributed by atoms with Gasteiger partial charge in [0, 0.05) is 38.7 Å². The Morgan fingerprint density at radius 1 is 0.377 bits per heavy atom. The summed E-state index contributed by atoms with van der Waals surface area (Å²) in [6.45, 7) is 4.72. The highest BCUT2D eigenvalue weighted by Gasteiger charge is 2.36. The van der Waals surface area contributed by atoms with Crippen molar-refractivity contribution in [3.63, 3.8) is 0 Å². The third-order valence-electron chi connectivity index (χ3n) is 13.1. The lowest BCUT2D eigenvalue weighted by atomic mass is 9.82. The van der Waals surface area contributed by atoms with Gasteiger partial charge in [0.05, 0.1) is 5.69 Å². The molecule has 0 atom stereocenters. The Kier molecular flexibility index (Phi) is 7.92. The normalized spacial score (nSPS) is 12.9. The highest BCUT2D eigenvalue weighted by molar-refractivity contribution is 6.18. The summed E-state index contributed by atoms with van der Waals surface area (Å²) in [4.78, 5) is 2.47. The molecular weight excluding hydrogens is 739 g/mol. The molecule has 1 heterocycles. The van der Waals surface area contributed by atoms with Crippen molar-refractivity contribution in [2.45, 2.75) is 19.3 Å².